The van der Waals surface area contributed by atoms with Crippen molar-refractivity contribution in [2.24, 2.45) is 11.7 Å². The molecule has 5 rings (SSSR count). The van der Waals surface area contributed by atoms with E-state index in [-0.39, 0.29) is 47.5 Å². The van der Waals surface area contributed by atoms with E-state index in [1.807, 2.05) is 13.8 Å². The van der Waals surface area contributed by atoms with E-state index in [4.69, 9.17) is 10.5 Å². The van der Waals surface area contributed by atoms with E-state index < -0.39 is 33.7 Å². The van der Waals surface area contributed by atoms with Gasteiger partial charge in [-0.3, -0.25) is 4.79 Å². The molecule has 11 heteroatoms. The van der Waals surface area contributed by atoms with E-state index in [1.165, 1.54) is 18.2 Å². The fourth-order valence-electron chi connectivity index (χ4n) is 7.12. The summed E-state index contributed by atoms with van der Waals surface area (Å²) in [4.78, 5) is 13.6. The molecule has 3 saturated heterocycles. The van der Waals surface area contributed by atoms with E-state index >= 15 is 4.39 Å². The Morgan fingerprint density at radius 3 is 2.61 bits per heavy atom. The lowest BCUT2D eigenvalue weighted by Crippen LogP contribution is -2.57. The zero-order chi connectivity index (χ0) is 29.3. The summed E-state index contributed by atoms with van der Waals surface area (Å²) < 4.78 is 62.0. The zero-order valence-corrected chi connectivity index (χ0v) is 24.6. The Bertz CT molecular complexity index is 1280. The van der Waals surface area contributed by atoms with Crippen LogP contribution in [0.15, 0.2) is 47.4 Å². The van der Waals surface area contributed by atoms with Crippen molar-refractivity contribution in [2.45, 2.75) is 95.0 Å². The SMILES string of the molecule is C[C@@H]1CC([C@H](c2ccc(F)cc2)[C@H](N)C(=O)NC2=C(CC[C@H]3CN[C@@H]4CCCS(=O)(=O)N3C4)CC=C2F)C[C@H](C)O1. The molecule has 0 aromatic heterocycles. The lowest BCUT2D eigenvalue weighted by atomic mass is 9.74. The number of hydrogen-bond donors (Lipinski definition) is 3. The topological polar surface area (TPSA) is 114 Å². The van der Waals surface area contributed by atoms with Gasteiger partial charge in [-0.2, -0.15) is 4.31 Å². The van der Waals surface area contributed by atoms with Gasteiger partial charge in [0.1, 0.15) is 11.6 Å². The lowest BCUT2D eigenvalue weighted by molar-refractivity contribution is -0.123. The number of piperazine rings is 1. The van der Waals surface area contributed by atoms with E-state index in [0.29, 0.717) is 51.6 Å². The van der Waals surface area contributed by atoms with Crippen LogP contribution in [-0.2, 0) is 19.6 Å². The van der Waals surface area contributed by atoms with Crippen LogP contribution in [0, 0.1) is 11.7 Å². The highest BCUT2D eigenvalue weighted by Gasteiger charge is 2.40. The average Bonchev–Trinajstić information content (AvgIpc) is 3.21. The molecule has 8 atom stereocenters. The molecule has 1 aromatic rings. The molecule has 8 nitrogen and oxygen atoms in total. The second-order valence-electron chi connectivity index (χ2n) is 12.1. The number of amides is 1. The van der Waals surface area contributed by atoms with Gasteiger partial charge in [0.05, 0.1) is 29.7 Å². The first-order valence-corrected chi connectivity index (χ1v) is 16.4. The first kappa shape index (κ1) is 30.3. The van der Waals surface area contributed by atoms with Gasteiger partial charge in [-0.05, 0) is 94.1 Å². The lowest BCUT2D eigenvalue weighted by Gasteiger charge is -2.39. The minimum Gasteiger partial charge on any atom is -0.376 e. The smallest absolute Gasteiger partial charge is 0.242 e. The van der Waals surface area contributed by atoms with Gasteiger partial charge in [-0.15, -0.1) is 0 Å². The Morgan fingerprint density at radius 1 is 1.20 bits per heavy atom. The highest BCUT2D eigenvalue weighted by Crippen LogP contribution is 2.39. The number of fused-ring (bicyclic) bond motifs is 2. The van der Waals surface area contributed by atoms with Crippen LogP contribution in [0.2, 0.25) is 0 Å². The Hall–Kier alpha value is -2.18. The van der Waals surface area contributed by atoms with Gasteiger partial charge >= 0.3 is 0 Å². The van der Waals surface area contributed by atoms with Gasteiger partial charge in [0, 0.05) is 31.1 Å². The van der Waals surface area contributed by atoms with E-state index in [0.717, 1.165) is 17.6 Å². The highest BCUT2D eigenvalue weighted by molar-refractivity contribution is 7.89. The fraction of sp³-hybridized carbons (Fsp3) is 0.633. The molecule has 3 heterocycles. The molecule has 226 valence electrons. The second kappa shape index (κ2) is 12.6. The van der Waals surface area contributed by atoms with Gasteiger partial charge in [0.2, 0.25) is 15.9 Å². The molecule has 0 saturated carbocycles. The van der Waals surface area contributed by atoms with Crippen LogP contribution in [0.5, 0.6) is 0 Å². The Labute approximate surface area is 241 Å². The maximum Gasteiger partial charge on any atom is 0.242 e. The third-order valence-corrected chi connectivity index (χ3v) is 11.1. The van der Waals surface area contributed by atoms with Crippen molar-refractivity contribution in [1.82, 2.24) is 14.9 Å². The van der Waals surface area contributed by atoms with Crippen molar-refractivity contribution >= 4 is 15.9 Å². The van der Waals surface area contributed by atoms with Gasteiger partial charge < -0.3 is 21.1 Å². The van der Waals surface area contributed by atoms with Crippen molar-refractivity contribution in [3.63, 3.8) is 0 Å². The number of nitrogens with one attached hydrogen (secondary N) is 2. The van der Waals surface area contributed by atoms with Gasteiger partial charge in [-0.1, -0.05) is 12.1 Å². The summed E-state index contributed by atoms with van der Waals surface area (Å²) in [5, 5.41) is 6.24. The molecule has 2 bridgehead atoms. The number of allylic oxidation sites excluding steroid dienone is 3. The largest absolute Gasteiger partial charge is 0.376 e. The van der Waals surface area contributed by atoms with Crippen molar-refractivity contribution < 1.29 is 26.7 Å². The van der Waals surface area contributed by atoms with Crippen LogP contribution in [-0.4, -0.2) is 67.8 Å². The monoisotopic (exact) mass is 592 g/mol. The number of carbonyl (C=O) groups is 1. The second-order valence-corrected chi connectivity index (χ2v) is 14.2. The number of halogens is 2. The average molecular weight is 593 g/mol. The normalized spacial score (nSPS) is 33.0. The number of benzene rings is 1. The molecule has 1 aromatic carbocycles. The molecule has 0 radical (unpaired) electrons. The molecule has 4 aliphatic rings. The summed E-state index contributed by atoms with van der Waals surface area (Å²) in [6.45, 7) is 5.00. The first-order chi connectivity index (χ1) is 19.5. The molecule has 41 heavy (non-hydrogen) atoms. The van der Waals surface area contributed by atoms with E-state index in [1.54, 1.807) is 16.4 Å². The van der Waals surface area contributed by atoms with Crippen molar-refractivity contribution in [3.05, 3.63) is 58.8 Å². The molecular formula is C30H42F2N4O4S. The molecule has 3 aliphatic heterocycles. The van der Waals surface area contributed by atoms with E-state index in [2.05, 4.69) is 10.6 Å². The third-order valence-electron chi connectivity index (χ3n) is 9.10. The number of nitrogens with zero attached hydrogens (tertiary/aromatic N) is 1. The maximum atomic E-state index is 15.0. The summed E-state index contributed by atoms with van der Waals surface area (Å²) >= 11 is 0. The van der Waals surface area contributed by atoms with Crippen LogP contribution < -0.4 is 16.4 Å². The van der Waals surface area contributed by atoms with Gasteiger partial charge in [0.15, 0.2) is 0 Å². The van der Waals surface area contributed by atoms with Crippen LogP contribution in [0.1, 0.15) is 70.3 Å². The van der Waals surface area contributed by atoms with Crippen LogP contribution in [0.4, 0.5) is 8.78 Å². The number of carbonyl (C=O) groups excluding carboxylic acids is 1. The molecule has 1 amide bonds. The Kier molecular flexibility index (Phi) is 9.30. The van der Waals surface area contributed by atoms with Crippen molar-refractivity contribution in [1.29, 1.82) is 0 Å². The molecule has 0 spiro atoms. The summed E-state index contributed by atoms with van der Waals surface area (Å²) in [5.74, 6) is -1.60. The minimum atomic E-state index is -3.33. The van der Waals surface area contributed by atoms with Gasteiger partial charge in [-0.25, -0.2) is 17.2 Å². The molecule has 1 aliphatic carbocycles. The van der Waals surface area contributed by atoms with Crippen molar-refractivity contribution in [3.8, 4) is 0 Å². The Balaban J connectivity index is 1.32. The summed E-state index contributed by atoms with van der Waals surface area (Å²) in [7, 11) is -3.33. The predicted molar refractivity (Wildman–Crippen MR) is 153 cm³/mol. The summed E-state index contributed by atoms with van der Waals surface area (Å²) in [6, 6.07) is 5.02. The highest BCUT2D eigenvalue weighted by atomic mass is 32.2. The minimum absolute atomic E-state index is 0.0101. The third kappa shape index (κ3) is 6.91. The first-order valence-electron chi connectivity index (χ1n) is 14.8. The quantitative estimate of drug-likeness (QED) is 0.425. The molecule has 3 fully saturated rings. The number of rotatable bonds is 8. The molecular weight excluding hydrogens is 550 g/mol. The molecule has 2 unspecified atom stereocenters. The maximum absolute atomic E-state index is 15.0. The van der Waals surface area contributed by atoms with Crippen LogP contribution in [0.25, 0.3) is 0 Å². The van der Waals surface area contributed by atoms with Gasteiger partial charge in [0.25, 0.3) is 0 Å². The Morgan fingerprint density at radius 2 is 1.90 bits per heavy atom. The standard InChI is InChI=1S/C30H42F2N4O4S/c1-18-14-22(15-19(2)40-18)27(20-5-9-23(31)10-6-20)28(33)30(37)35-29-21(8-12-26(29)32)7-11-25-16-34-24-4-3-13-41(38,39)36(25)17-24/h5-6,9-10,12,18-19,22,24-25,27-28,34H,3-4,7-8,11,13-17,33H2,1-2H3,(H,35,37)/t18-,19+,22?,24-,25+,27+,28+/m1/s1. The zero-order valence-electron chi connectivity index (χ0n) is 23.8. The number of hydrogen-bond acceptors (Lipinski definition) is 6. The van der Waals surface area contributed by atoms with Crippen LogP contribution >= 0.6 is 0 Å². The summed E-state index contributed by atoms with van der Waals surface area (Å²) in [6.07, 6.45) is 5.62. The fourth-order valence-corrected chi connectivity index (χ4v) is 8.93. The van der Waals surface area contributed by atoms with E-state index in [9.17, 15) is 17.6 Å². The van der Waals surface area contributed by atoms with Crippen LogP contribution in [0.3, 0.4) is 0 Å². The molecule has 4 N–H and O–H groups in total. The predicted octanol–water partition coefficient (Wildman–Crippen LogP) is 3.61. The van der Waals surface area contributed by atoms with Crippen molar-refractivity contribution in [2.75, 3.05) is 18.8 Å². The number of nitrogens with two attached hydrogens (primary N) is 1. The summed E-state index contributed by atoms with van der Waals surface area (Å²) in [5.41, 5.74) is 8.25. The number of ether oxygens (including phenoxy) is 1. The number of sulfonamides is 1.